The van der Waals surface area contributed by atoms with Crippen molar-refractivity contribution in [2.24, 2.45) is 0 Å². The van der Waals surface area contributed by atoms with Gasteiger partial charge in [-0.3, -0.25) is 14.9 Å². The van der Waals surface area contributed by atoms with Crippen molar-refractivity contribution in [3.8, 4) is 5.75 Å². The molecule has 1 amide bonds. The van der Waals surface area contributed by atoms with E-state index in [0.717, 1.165) is 22.5 Å². The van der Waals surface area contributed by atoms with Crippen LogP contribution in [0, 0.1) is 10.1 Å². The number of benzene rings is 1. The maximum atomic E-state index is 12.7. The van der Waals surface area contributed by atoms with Gasteiger partial charge in [-0.15, -0.1) is 0 Å². The molecule has 0 radical (unpaired) electrons. The summed E-state index contributed by atoms with van der Waals surface area (Å²) < 4.78 is 31.3. The van der Waals surface area contributed by atoms with Gasteiger partial charge in [0, 0.05) is 19.2 Å². The number of sulfonamides is 1. The fourth-order valence-electron chi connectivity index (χ4n) is 1.90. The third-order valence-electron chi connectivity index (χ3n) is 3.02. The lowest BCUT2D eigenvalue weighted by Crippen LogP contribution is -2.40. The summed E-state index contributed by atoms with van der Waals surface area (Å²) in [5.41, 5.74) is -0.285. The summed E-state index contributed by atoms with van der Waals surface area (Å²) in [4.78, 5) is 21.6. The summed E-state index contributed by atoms with van der Waals surface area (Å²) in [5.74, 6) is -0.577. The average molecular weight is 345 g/mol. The molecule has 0 saturated heterocycles. The van der Waals surface area contributed by atoms with Crippen molar-refractivity contribution in [1.82, 2.24) is 9.62 Å². The number of rotatable bonds is 8. The van der Waals surface area contributed by atoms with Gasteiger partial charge in [-0.1, -0.05) is 6.92 Å². The minimum absolute atomic E-state index is 0.0691. The summed E-state index contributed by atoms with van der Waals surface area (Å²) in [6.07, 6.45) is 0. The van der Waals surface area contributed by atoms with Gasteiger partial charge in [0.25, 0.3) is 5.69 Å². The van der Waals surface area contributed by atoms with Gasteiger partial charge in [-0.05, 0) is 13.0 Å². The molecule has 1 aromatic carbocycles. The summed E-state index contributed by atoms with van der Waals surface area (Å²) >= 11 is 0. The number of nitro groups is 1. The molecule has 0 aliphatic heterocycles. The highest BCUT2D eigenvalue weighted by atomic mass is 32.2. The number of ether oxygens (including phenoxy) is 1. The first kappa shape index (κ1) is 18.8. The lowest BCUT2D eigenvalue weighted by Gasteiger charge is -2.21. The van der Waals surface area contributed by atoms with Crippen LogP contribution >= 0.6 is 0 Å². The van der Waals surface area contributed by atoms with E-state index in [1.54, 1.807) is 13.8 Å². The highest BCUT2D eigenvalue weighted by molar-refractivity contribution is 7.89. The Hall–Kier alpha value is -2.20. The van der Waals surface area contributed by atoms with Crippen LogP contribution in [0.5, 0.6) is 5.75 Å². The second-order valence-corrected chi connectivity index (χ2v) is 6.38. The number of hydrogen-bond donors (Lipinski definition) is 1. The maximum Gasteiger partial charge on any atom is 0.273 e. The lowest BCUT2D eigenvalue weighted by molar-refractivity contribution is -0.385. The standard InChI is InChI=1S/C13H19N3O6S/c1-4-14-13(17)9-15(5-2)23(20,21)12-7-6-10(16(18)19)8-11(12)22-3/h6-8H,4-5,9H2,1-3H3,(H,14,17). The van der Waals surface area contributed by atoms with Gasteiger partial charge >= 0.3 is 0 Å². The highest BCUT2D eigenvalue weighted by Gasteiger charge is 2.29. The Bertz CT molecular complexity index is 689. The molecule has 0 atom stereocenters. The Labute approximate surface area is 134 Å². The smallest absolute Gasteiger partial charge is 0.273 e. The topological polar surface area (TPSA) is 119 Å². The number of nitro benzene ring substituents is 1. The number of non-ortho nitro benzene ring substituents is 1. The normalized spacial score (nSPS) is 11.3. The molecule has 0 saturated carbocycles. The molecule has 0 aliphatic rings. The van der Waals surface area contributed by atoms with Crippen molar-refractivity contribution in [3.63, 3.8) is 0 Å². The van der Waals surface area contributed by atoms with Crippen LogP contribution in [0.2, 0.25) is 0 Å². The predicted molar refractivity (Wildman–Crippen MR) is 82.8 cm³/mol. The molecule has 23 heavy (non-hydrogen) atoms. The van der Waals surface area contributed by atoms with Crippen molar-refractivity contribution in [2.75, 3.05) is 26.7 Å². The van der Waals surface area contributed by atoms with Crippen LogP contribution in [-0.2, 0) is 14.8 Å². The molecule has 0 spiro atoms. The molecule has 9 nitrogen and oxygen atoms in total. The van der Waals surface area contributed by atoms with Crippen molar-refractivity contribution >= 4 is 21.6 Å². The molecule has 1 aromatic rings. The van der Waals surface area contributed by atoms with E-state index >= 15 is 0 Å². The van der Waals surface area contributed by atoms with Gasteiger partial charge in [-0.2, -0.15) is 4.31 Å². The third-order valence-corrected chi connectivity index (χ3v) is 4.98. The molecule has 1 N–H and O–H groups in total. The van der Waals surface area contributed by atoms with E-state index in [9.17, 15) is 23.3 Å². The van der Waals surface area contributed by atoms with E-state index in [4.69, 9.17) is 4.74 Å². The van der Waals surface area contributed by atoms with E-state index in [1.807, 2.05) is 0 Å². The molecule has 10 heteroatoms. The van der Waals surface area contributed by atoms with E-state index in [1.165, 1.54) is 7.11 Å². The quantitative estimate of drug-likeness (QED) is 0.548. The number of carbonyl (C=O) groups excluding carboxylic acids is 1. The van der Waals surface area contributed by atoms with Gasteiger partial charge in [-0.25, -0.2) is 8.42 Å². The molecule has 0 bridgehead atoms. The molecule has 1 rings (SSSR count). The molecule has 128 valence electrons. The van der Waals surface area contributed by atoms with E-state index in [0.29, 0.717) is 6.54 Å². The summed E-state index contributed by atoms with van der Waals surface area (Å²) in [6, 6.07) is 3.22. The van der Waals surface area contributed by atoms with Crippen molar-refractivity contribution in [3.05, 3.63) is 28.3 Å². The van der Waals surface area contributed by atoms with Gasteiger partial charge in [0.1, 0.15) is 10.6 Å². The average Bonchev–Trinajstić information content (AvgIpc) is 2.51. The molecule has 0 heterocycles. The fraction of sp³-hybridized carbons (Fsp3) is 0.462. The summed E-state index contributed by atoms with van der Waals surface area (Å²) in [6.45, 7) is 3.43. The van der Waals surface area contributed by atoms with Gasteiger partial charge in [0.05, 0.1) is 24.6 Å². The fourth-order valence-corrected chi connectivity index (χ4v) is 3.44. The third kappa shape index (κ3) is 4.39. The number of amides is 1. The first-order valence-electron chi connectivity index (χ1n) is 6.87. The number of nitrogens with one attached hydrogen (secondary N) is 1. The minimum atomic E-state index is -4.02. The zero-order valence-electron chi connectivity index (χ0n) is 13.1. The van der Waals surface area contributed by atoms with Crippen LogP contribution in [0.25, 0.3) is 0 Å². The second kappa shape index (κ2) is 7.88. The molecular formula is C13H19N3O6S. The number of likely N-dealkylation sites (N-methyl/N-ethyl adjacent to an activating group) is 2. The Balaban J connectivity index is 3.24. The second-order valence-electron chi connectivity index (χ2n) is 4.48. The SMILES string of the molecule is CCNC(=O)CN(CC)S(=O)(=O)c1ccc([N+](=O)[O-])cc1OC. The van der Waals surface area contributed by atoms with Crippen LogP contribution in [0.15, 0.2) is 23.1 Å². The summed E-state index contributed by atoms with van der Waals surface area (Å²) in [5, 5.41) is 13.3. The molecule has 0 fully saturated rings. The zero-order valence-corrected chi connectivity index (χ0v) is 13.9. The lowest BCUT2D eigenvalue weighted by atomic mass is 10.3. The van der Waals surface area contributed by atoms with Crippen LogP contribution in [0.1, 0.15) is 13.8 Å². The summed E-state index contributed by atoms with van der Waals surface area (Å²) in [7, 11) is -2.80. The Kier molecular flexibility index (Phi) is 6.46. The maximum absolute atomic E-state index is 12.7. The Morgan fingerprint density at radius 3 is 2.52 bits per heavy atom. The van der Waals surface area contributed by atoms with E-state index < -0.39 is 20.9 Å². The highest BCUT2D eigenvalue weighted by Crippen LogP contribution is 2.30. The molecule has 0 aromatic heterocycles. The molecular weight excluding hydrogens is 326 g/mol. The number of methoxy groups -OCH3 is 1. The van der Waals surface area contributed by atoms with Crippen LogP contribution < -0.4 is 10.1 Å². The van der Waals surface area contributed by atoms with Crippen LogP contribution in [0.3, 0.4) is 0 Å². The van der Waals surface area contributed by atoms with Gasteiger partial charge in [0.2, 0.25) is 15.9 Å². The van der Waals surface area contributed by atoms with Gasteiger partial charge < -0.3 is 10.1 Å². The first-order valence-corrected chi connectivity index (χ1v) is 8.31. The number of carbonyl (C=O) groups is 1. The Morgan fingerprint density at radius 2 is 2.04 bits per heavy atom. The van der Waals surface area contributed by atoms with E-state index in [-0.39, 0.29) is 29.4 Å². The number of hydrogen-bond acceptors (Lipinski definition) is 6. The van der Waals surface area contributed by atoms with Gasteiger partial charge in [0.15, 0.2) is 0 Å². The van der Waals surface area contributed by atoms with Crippen LogP contribution in [-0.4, -0.2) is 50.3 Å². The predicted octanol–water partition coefficient (Wildman–Crippen LogP) is 0.750. The zero-order chi connectivity index (χ0) is 17.6. The van der Waals surface area contributed by atoms with Crippen LogP contribution in [0.4, 0.5) is 5.69 Å². The molecule has 0 aliphatic carbocycles. The first-order chi connectivity index (χ1) is 10.8. The Morgan fingerprint density at radius 1 is 1.39 bits per heavy atom. The largest absolute Gasteiger partial charge is 0.495 e. The minimum Gasteiger partial charge on any atom is -0.495 e. The number of nitrogens with zero attached hydrogens (tertiary/aromatic N) is 2. The van der Waals surface area contributed by atoms with Crippen molar-refractivity contribution < 1.29 is 22.9 Å². The van der Waals surface area contributed by atoms with E-state index in [2.05, 4.69) is 5.32 Å². The molecule has 0 unspecified atom stereocenters. The van der Waals surface area contributed by atoms with Crippen molar-refractivity contribution in [1.29, 1.82) is 0 Å². The van der Waals surface area contributed by atoms with Crippen molar-refractivity contribution in [2.45, 2.75) is 18.7 Å². The monoisotopic (exact) mass is 345 g/mol.